The number of carbonyl (C=O) groups excluding carboxylic acids is 3. The van der Waals surface area contributed by atoms with Gasteiger partial charge in [-0.3, -0.25) is 19.5 Å². The van der Waals surface area contributed by atoms with Gasteiger partial charge in [-0.2, -0.15) is 0 Å². The van der Waals surface area contributed by atoms with Crippen LogP contribution in [-0.4, -0.2) is 66.9 Å². The van der Waals surface area contributed by atoms with Gasteiger partial charge in [0.25, 0.3) is 0 Å². The maximum absolute atomic E-state index is 12.8. The van der Waals surface area contributed by atoms with Gasteiger partial charge in [0.1, 0.15) is 0 Å². The van der Waals surface area contributed by atoms with Crippen molar-refractivity contribution in [3.05, 3.63) is 35.9 Å². The molecule has 0 radical (unpaired) electrons. The number of amides is 2. The molecule has 0 saturated carbocycles. The molecule has 0 aliphatic carbocycles. The molecule has 8 nitrogen and oxygen atoms in total. The molecule has 1 aliphatic heterocycles. The number of nitrogens with one attached hydrogen (secondary N) is 1. The number of esters is 1. The molecular weight excluding hydrogens is 382 g/mol. The van der Waals surface area contributed by atoms with E-state index in [4.69, 9.17) is 21.7 Å². The summed E-state index contributed by atoms with van der Waals surface area (Å²) in [5.74, 6) is -2.76. The Labute approximate surface area is 168 Å². The van der Waals surface area contributed by atoms with Gasteiger partial charge in [-0.1, -0.05) is 30.3 Å². The number of nitrogens with zero attached hydrogens (tertiary/aromatic N) is 2. The molecule has 150 valence electrons. The molecule has 1 heterocycles. The number of benzene rings is 1. The van der Waals surface area contributed by atoms with Crippen molar-refractivity contribution in [2.75, 3.05) is 27.4 Å². The van der Waals surface area contributed by atoms with Gasteiger partial charge in [0.05, 0.1) is 20.3 Å². The molecule has 0 bridgehead atoms. The highest BCUT2D eigenvalue weighted by molar-refractivity contribution is 7.80. The second-order valence-electron chi connectivity index (χ2n) is 6.21. The molecule has 2 atom stereocenters. The number of hydrogen-bond acceptors (Lipinski definition) is 7. The van der Waals surface area contributed by atoms with E-state index in [-0.39, 0.29) is 24.0 Å². The summed E-state index contributed by atoms with van der Waals surface area (Å²) >= 11 is 5.07. The van der Waals surface area contributed by atoms with Crippen LogP contribution in [0, 0.1) is 5.92 Å². The normalized spacial score (nSPS) is 18.7. The summed E-state index contributed by atoms with van der Waals surface area (Å²) in [7, 11) is 2.78. The van der Waals surface area contributed by atoms with E-state index in [0.29, 0.717) is 6.42 Å². The van der Waals surface area contributed by atoms with E-state index in [2.05, 4.69) is 10.3 Å². The Morgan fingerprint density at radius 1 is 1.29 bits per heavy atom. The van der Waals surface area contributed by atoms with Gasteiger partial charge in [-0.15, -0.1) is 0 Å². The molecule has 1 unspecified atom stereocenters. The molecule has 0 spiro atoms. The van der Waals surface area contributed by atoms with Crippen LogP contribution in [0.3, 0.4) is 0 Å². The zero-order chi connectivity index (χ0) is 20.7. The Morgan fingerprint density at radius 2 is 1.96 bits per heavy atom. The Bertz CT molecular complexity index is 781. The molecule has 1 saturated heterocycles. The quantitative estimate of drug-likeness (QED) is 0.297. The van der Waals surface area contributed by atoms with Crippen LogP contribution in [0.1, 0.15) is 12.5 Å². The molecule has 9 heteroatoms. The third-order valence-electron chi connectivity index (χ3n) is 4.29. The van der Waals surface area contributed by atoms with Gasteiger partial charge in [-0.25, -0.2) is 4.79 Å². The molecule has 2 amide bonds. The van der Waals surface area contributed by atoms with E-state index in [1.807, 2.05) is 30.3 Å². The summed E-state index contributed by atoms with van der Waals surface area (Å²) in [6, 6.07) is 8.44. The second kappa shape index (κ2) is 10.0. The minimum Gasteiger partial charge on any atom is -0.467 e. The molecule has 1 N–H and O–H groups in total. The average Bonchev–Trinajstić information content (AvgIpc) is 2.67. The van der Waals surface area contributed by atoms with E-state index in [9.17, 15) is 14.4 Å². The number of rotatable bonds is 8. The van der Waals surface area contributed by atoms with Crippen LogP contribution in [0.4, 0.5) is 0 Å². The fourth-order valence-electron chi connectivity index (χ4n) is 2.85. The van der Waals surface area contributed by atoms with Crippen molar-refractivity contribution in [3.8, 4) is 0 Å². The number of aliphatic imine (C=N–C) groups is 1. The number of ether oxygens (including phenoxy) is 2. The predicted molar refractivity (Wildman–Crippen MR) is 107 cm³/mol. The monoisotopic (exact) mass is 405 g/mol. The third-order valence-corrected chi connectivity index (χ3v) is 4.61. The standard InChI is InChI=1S/C19H23N3O5S/c1-12(15-16(23)21-19(28)22(17(15)24)9-10-26-2)20-14(18(25)27-3)11-13-7-5-4-6-8-13/h4-8,14-15H,9-11H2,1-3H3,(H,21,23,28)/t14-,15?/m1/s1. The Kier molecular flexibility index (Phi) is 7.77. The fourth-order valence-corrected chi connectivity index (χ4v) is 3.13. The molecule has 0 aromatic heterocycles. The number of thiocarbonyl (C=S) groups is 1. The van der Waals surface area contributed by atoms with E-state index in [0.717, 1.165) is 5.56 Å². The maximum Gasteiger partial charge on any atom is 0.330 e. The van der Waals surface area contributed by atoms with Crippen LogP contribution in [0.2, 0.25) is 0 Å². The number of methoxy groups -OCH3 is 2. The summed E-state index contributed by atoms with van der Waals surface area (Å²) in [6.07, 6.45) is 0.291. The lowest BCUT2D eigenvalue weighted by Crippen LogP contribution is -2.60. The van der Waals surface area contributed by atoms with Crippen LogP contribution >= 0.6 is 12.2 Å². The van der Waals surface area contributed by atoms with Crippen molar-refractivity contribution in [1.82, 2.24) is 10.2 Å². The SMILES string of the molecule is COCCN1C(=O)C(C(C)=N[C@H](Cc2ccccc2)C(=O)OC)C(=O)NC1=S. The van der Waals surface area contributed by atoms with E-state index >= 15 is 0 Å². The molecule has 1 aromatic carbocycles. The van der Waals surface area contributed by atoms with Crippen molar-refractivity contribution in [2.45, 2.75) is 19.4 Å². The molecule has 1 fully saturated rings. The molecule has 1 aromatic rings. The minimum absolute atomic E-state index is 0.0323. The van der Waals surface area contributed by atoms with Crippen LogP contribution in [0.25, 0.3) is 0 Å². The van der Waals surface area contributed by atoms with E-state index in [1.165, 1.54) is 19.1 Å². The summed E-state index contributed by atoms with van der Waals surface area (Å²) in [5, 5.41) is 2.54. The number of hydrogen-bond donors (Lipinski definition) is 1. The van der Waals surface area contributed by atoms with E-state index in [1.54, 1.807) is 6.92 Å². The van der Waals surface area contributed by atoms with Gasteiger partial charge < -0.3 is 14.8 Å². The van der Waals surface area contributed by atoms with Crippen molar-refractivity contribution < 1.29 is 23.9 Å². The van der Waals surface area contributed by atoms with Gasteiger partial charge in [0.2, 0.25) is 11.8 Å². The molecule has 1 aliphatic rings. The smallest absolute Gasteiger partial charge is 0.330 e. The van der Waals surface area contributed by atoms with Gasteiger partial charge in [0.15, 0.2) is 17.1 Å². The molecular formula is C19H23N3O5S. The highest BCUT2D eigenvalue weighted by Gasteiger charge is 2.40. The molecule has 2 rings (SSSR count). The Morgan fingerprint density at radius 3 is 2.57 bits per heavy atom. The van der Waals surface area contributed by atoms with E-state index < -0.39 is 29.7 Å². The van der Waals surface area contributed by atoms with Crippen molar-refractivity contribution in [2.24, 2.45) is 10.9 Å². The van der Waals surface area contributed by atoms with Crippen LogP contribution in [-0.2, 0) is 30.3 Å². The highest BCUT2D eigenvalue weighted by atomic mass is 32.1. The van der Waals surface area contributed by atoms with Gasteiger partial charge >= 0.3 is 5.97 Å². The largest absolute Gasteiger partial charge is 0.467 e. The minimum atomic E-state index is -1.16. The maximum atomic E-state index is 12.8. The zero-order valence-corrected chi connectivity index (χ0v) is 16.8. The Hall–Kier alpha value is -2.65. The van der Waals surface area contributed by atoms with Crippen molar-refractivity contribution in [3.63, 3.8) is 0 Å². The lowest BCUT2D eigenvalue weighted by atomic mass is 9.98. The van der Waals surface area contributed by atoms with Crippen LogP contribution < -0.4 is 5.32 Å². The third kappa shape index (κ3) is 5.20. The van der Waals surface area contributed by atoms with Crippen molar-refractivity contribution in [1.29, 1.82) is 0 Å². The summed E-state index contributed by atoms with van der Waals surface area (Å²) in [4.78, 5) is 43.0. The highest BCUT2D eigenvalue weighted by Crippen LogP contribution is 2.16. The first-order valence-electron chi connectivity index (χ1n) is 8.70. The van der Waals surface area contributed by atoms with Crippen LogP contribution in [0.5, 0.6) is 0 Å². The lowest BCUT2D eigenvalue weighted by Gasteiger charge is -2.32. The lowest BCUT2D eigenvalue weighted by molar-refractivity contribution is -0.142. The summed E-state index contributed by atoms with van der Waals surface area (Å²) in [5.41, 5.74) is 1.11. The average molecular weight is 405 g/mol. The van der Waals surface area contributed by atoms with Crippen LogP contribution in [0.15, 0.2) is 35.3 Å². The van der Waals surface area contributed by atoms with Gasteiger partial charge in [0, 0.05) is 19.2 Å². The zero-order valence-electron chi connectivity index (χ0n) is 16.0. The first-order chi connectivity index (χ1) is 13.4. The summed E-state index contributed by atoms with van der Waals surface area (Å²) < 4.78 is 9.82. The first-order valence-corrected chi connectivity index (χ1v) is 9.11. The number of carbonyl (C=O) groups is 3. The fraction of sp³-hybridized carbons (Fsp3) is 0.421. The topological polar surface area (TPSA) is 97.3 Å². The second-order valence-corrected chi connectivity index (χ2v) is 6.60. The summed E-state index contributed by atoms with van der Waals surface area (Å²) in [6.45, 7) is 2.03. The first kappa shape index (κ1) is 21.6. The van der Waals surface area contributed by atoms with Gasteiger partial charge in [-0.05, 0) is 24.7 Å². The van der Waals surface area contributed by atoms with Crippen molar-refractivity contribution >= 4 is 40.8 Å². The Balaban J connectivity index is 2.27. The molecule has 28 heavy (non-hydrogen) atoms. The predicted octanol–water partition coefficient (Wildman–Crippen LogP) is 0.737.